The fourth-order valence-corrected chi connectivity index (χ4v) is 10.3. The van der Waals surface area contributed by atoms with E-state index < -0.39 is 8.07 Å². The van der Waals surface area contributed by atoms with E-state index in [0.29, 0.717) is 11.8 Å². The molecule has 0 amide bonds. The van der Waals surface area contributed by atoms with Gasteiger partial charge in [-0.1, -0.05) is 49.5 Å². The van der Waals surface area contributed by atoms with Crippen LogP contribution in [0.4, 0.5) is 0 Å². The molecule has 2 unspecified atom stereocenters. The van der Waals surface area contributed by atoms with Crippen molar-refractivity contribution in [3.63, 3.8) is 0 Å². The Morgan fingerprint density at radius 2 is 1.07 bits per heavy atom. The zero-order valence-corrected chi connectivity index (χ0v) is 19.9. The first-order valence-electron chi connectivity index (χ1n) is 10.6. The molecule has 152 valence electrons. The number of hydrogen-bond acceptors (Lipinski definition) is 2. The van der Waals surface area contributed by atoms with E-state index in [-0.39, 0.29) is 0 Å². The Labute approximate surface area is 175 Å². The molecule has 0 saturated heterocycles. The summed E-state index contributed by atoms with van der Waals surface area (Å²) in [6.07, 6.45) is 8.47. The van der Waals surface area contributed by atoms with Crippen LogP contribution in [0.25, 0.3) is 11.1 Å². The molecule has 0 spiro atoms. The molecular weight excluding hydrogens is 372 g/mol. The lowest BCUT2D eigenvalue weighted by molar-refractivity contribution is 0.551. The molecule has 2 aromatic rings. The highest BCUT2D eigenvalue weighted by atomic mass is 28.3. The zero-order valence-electron chi connectivity index (χ0n) is 18.9. The lowest BCUT2D eigenvalue weighted by Crippen LogP contribution is -2.37. The monoisotopic (exact) mass is 404 g/mol. The topological polar surface area (TPSA) is 26.3 Å². The first-order valence-corrected chi connectivity index (χ1v) is 13.6. The van der Waals surface area contributed by atoms with E-state index in [1.54, 1.807) is 10.4 Å². The Kier molecular flexibility index (Phi) is 4.77. The minimum atomic E-state index is -2.00. The van der Waals surface area contributed by atoms with Gasteiger partial charge in [0, 0.05) is 11.1 Å². The molecule has 2 aliphatic carbocycles. The van der Waals surface area contributed by atoms with Gasteiger partial charge in [0.1, 0.15) is 19.6 Å². The Hall–Kier alpha value is -2.26. The predicted octanol–water partition coefficient (Wildman–Crippen LogP) is 7.68. The average molecular weight is 405 g/mol. The highest BCUT2D eigenvalue weighted by molar-refractivity contribution is 6.92. The first kappa shape index (κ1) is 20.0. The smallest absolute Gasteiger partial charge is 0.136 e. The van der Waals surface area contributed by atoms with Gasteiger partial charge >= 0.3 is 0 Å². The highest BCUT2D eigenvalue weighted by Gasteiger charge is 2.44. The van der Waals surface area contributed by atoms with Gasteiger partial charge in [-0.25, -0.2) is 0 Å². The molecule has 29 heavy (non-hydrogen) atoms. The third-order valence-electron chi connectivity index (χ3n) is 6.76. The molecule has 2 nitrogen and oxygen atoms in total. The van der Waals surface area contributed by atoms with Crippen molar-refractivity contribution in [1.29, 1.82) is 0 Å². The van der Waals surface area contributed by atoms with Gasteiger partial charge in [0.15, 0.2) is 0 Å². The van der Waals surface area contributed by atoms with Gasteiger partial charge < -0.3 is 8.83 Å². The quantitative estimate of drug-likeness (QED) is 0.489. The summed E-state index contributed by atoms with van der Waals surface area (Å²) < 4.78 is 12.0. The average Bonchev–Trinajstić information content (AvgIpc) is 3.35. The molecule has 0 saturated carbocycles. The van der Waals surface area contributed by atoms with Crippen molar-refractivity contribution in [2.75, 3.05) is 0 Å². The number of allylic oxidation sites excluding steroid dienone is 8. The van der Waals surface area contributed by atoms with E-state index in [4.69, 9.17) is 8.83 Å². The van der Waals surface area contributed by atoms with Crippen molar-refractivity contribution in [2.45, 2.75) is 54.6 Å². The molecule has 4 rings (SSSR count). The SMILES string of the molecule is CC1=CC(C)C([Si](C)(C)C2=C(c3occc3C)C(C)=CC2C)=C1c1occc1C. The first-order chi connectivity index (χ1) is 13.6. The van der Waals surface area contributed by atoms with Crippen LogP contribution in [0.3, 0.4) is 0 Å². The fourth-order valence-electron chi connectivity index (χ4n) is 5.73. The summed E-state index contributed by atoms with van der Waals surface area (Å²) in [7, 11) is -2.00. The third-order valence-corrected chi connectivity index (χ3v) is 10.9. The van der Waals surface area contributed by atoms with Crippen molar-refractivity contribution in [3.8, 4) is 0 Å². The summed E-state index contributed by atoms with van der Waals surface area (Å²) in [5, 5.41) is 3.17. The number of rotatable bonds is 4. The summed E-state index contributed by atoms with van der Waals surface area (Å²) >= 11 is 0. The maximum atomic E-state index is 6.00. The van der Waals surface area contributed by atoms with Crippen LogP contribution in [0.15, 0.2) is 67.2 Å². The summed E-state index contributed by atoms with van der Waals surface area (Å²) in [6.45, 7) is 18.5. The fraction of sp³-hybridized carbons (Fsp3) is 0.385. The molecule has 0 bridgehead atoms. The second-order valence-corrected chi connectivity index (χ2v) is 13.7. The second kappa shape index (κ2) is 6.91. The van der Waals surface area contributed by atoms with E-state index >= 15 is 0 Å². The van der Waals surface area contributed by atoms with E-state index in [0.717, 1.165) is 11.5 Å². The van der Waals surface area contributed by atoms with Crippen molar-refractivity contribution in [3.05, 3.63) is 81.0 Å². The molecule has 0 N–H and O–H groups in total. The Balaban J connectivity index is 1.98. The maximum absolute atomic E-state index is 6.00. The van der Waals surface area contributed by atoms with Gasteiger partial charge in [-0.15, -0.1) is 0 Å². The summed E-state index contributed by atoms with van der Waals surface area (Å²) in [5.41, 5.74) is 7.81. The van der Waals surface area contributed by atoms with Crippen LogP contribution in [0.2, 0.25) is 13.1 Å². The third kappa shape index (κ3) is 2.98. The molecule has 2 aromatic heterocycles. The van der Waals surface area contributed by atoms with Crippen molar-refractivity contribution >= 4 is 19.2 Å². The molecule has 2 atom stereocenters. The molecule has 0 aliphatic heterocycles. The molecule has 0 fully saturated rings. The Morgan fingerprint density at radius 3 is 1.38 bits per heavy atom. The predicted molar refractivity (Wildman–Crippen MR) is 124 cm³/mol. The van der Waals surface area contributed by atoms with Gasteiger partial charge in [-0.2, -0.15) is 0 Å². The molecule has 2 aliphatic rings. The van der Waals surface area contributed by atoms with Crippen molar-refractivity contribution in [1.82, 2.24) is 0 Å². The standard InChI is InChI=1S/C26H32O2Si/c1-15-9-11-27-23(15)21-17(3)13-19(5)25(21)29(7,8)26-20(6)14-18(4)22(26)24-16(2)10-12-28-24/h9-14,19-20H,1-8H3. The Bertz CT molecular complexity index is 1010. The summed E-state index contributed by atoms with van der Waals surface area (Å²) in [6, 6.07) is 4.15. The van der Waals surface area contributed by atoms with E-state index in [1.807, 2.05) is 12.5 Å². The maximum Gasteiger partial charge on any atom is 0.136 e. The van der Waals surface area contributed by atoms with Crippen LogP contribution in [-0.4, -0.2) is 8.07 Å². The largest absolute Gasteiger partial charge is 0.464 e. The normalized spacial score (nSPS) is 22.6. The van der Waals surface area contributed by atoms with Crippen LogP contribution < -0.4 is 0 Å². The van der Waals surface area contributed by atoms with Gasteiger partial charge in [-0.3, -0.25) is 0 Å². The minimum Gasteiger partial charge on any atom is -0.464 e. The van der Waals surface area contributed by atoms with Crippen LogP contribution in [-0.2, 0) is 0 Å². The van der Waals surface area contributed by atoms with Crippen molar-refractivity contribution in [2.24, 2.45) is 11.8 Å². The van der Waals surface area contributed by atoms with Gasteiger partial charge in [-0.05, 0) is 73.9 Å². The van der Waals surface area contributed by atoms with Gasteiger partial charge in [0.2, 0.25) is 0 Å². The van der Waals surface area contributed by atoms with E-state index in [2.05, 4.69) is 78.9 Å². The van der Waals surface area contributed by atoms with Crippen LogP contribution in [0.1, 0.15) is 50.3 Å². The lowest BCUT2D eigenvalue weighted by atomic mass is 10.1. The van der Waals surface area contributed by atoms with E-state index in [9.17, 15) is 0 Å². The zero-order chi connectivity index (χ0) is 21.1. The van der Waals surface area contributed by atoms with E-state index in [1.165, 1.54) is 33.4 Å². The molecule has 0 aromatic carbocycles. The molecule has 0 radical (unpaired) electrons. The molecule has 3 heteroatoms. The Morgan fingerprint density at radius 1 is 0.690 bits per heavy atom. The summed E-state index contributed by atoms with van der Waals surface area (Å²) in [4.78, 5) is 0. The molecule has 2 heterocycles. The number of hydrogen-bond donors (Lipinski definition) is 0. The molecular formula is C26H32O2Si. The van der Waals surface area contributed by atoms with Gasteiger partial charge in [0.05, 0.1) is 12.5 Å². The lowest BCUT2D eigenvalue weighted by Gasteiger charge is -2.34. The minimum absolute atomic E-state index is 0.427. The summed E-state index contributed by atoms with van der Waals surface area (Å²) in [5.74, 6) is 2.95. The highest BCUT2D eigenvalue weighted by Crippen LogP contribution is 2.51. The van der Waals surface area contributed by atoms with Crippen LogP contribution in [0.5, 0.6) is 0 Å². The van der Waals surface area contributed by atoms with Crippen molar-refractivity contribution < 1.29 is 8.83 Å². The second-order valence-electron chi connectivity index (χ2n) is 9.34. The number of furan rings is 2. The number of aryl methyl sites for hydroxylation is 2. The van der Waals surface area contributed by atoms with Gasteiger partial charge in [0.25, 0.3) is 0 Å². The van der Waals surface area contributed by atoms with Crippen LogP contribution in [0, 0.1) is 25.7 Å². The van der Waals surface area contributed by atoms with Crippen LogP contribution >= 0.6 is 0 Å².